The molecule has 0 saturated heterocycles. The maximum Gasteiger partial charge on any atom is 0.136 e. The average Bonchev–Trinajstić information content (AvgIpc) is 3.55. The van der Waals surface area contributed by atoms with Gasteiger partial charge in [0.25, 0.3) is 0 Å². The summed E-state index contributed by atoms with van der Waals surface area (Å²) in [6.45, 7) is 0. The Morgan fingerprint density at radius 1 is 0.235 bits per heavy atom. The summed E-state index contributed by atoms with van der Waals surface area (Å²) in [7, 11) is 0. The standard InChI is InChI=1S/C50H30O/c1-3-11-33-25-37(19-17-31(33)9-1)38-21-23-43-46(28-38)50(39-20-18-32-10-2-4-12-34(32)26-39)42-16-8-7-15-41(42)49(43)40-22-24-47-44(29-40)45-27-35-13-5-6-14-36(35)30-48(45)51-47/h1-30H. The van der Waals surface area contributed by atoms with Gasteiger partial charge in [-0.1, -0.05) is 140 Å². The van der Waals surface area contributed by atoms with Crippen LogP contribution in [0.3, 0.4) is 0 Å². The third-order valence-electron chi connectivity index (χ3n) is 10.8. The molecule has 0 aliphatic carbocycles. The molecule has 0 radical (unpaired) electrons. The maximum atomic E-state index is 6.43. The molecule has 0 saturated carbocycles. The van der Waals surface area contributed by atoms with Crippen molar-refractivity contribution in [1.29, 1.82) is 0 Å². The van der Waals surface area contributed by atoms with Crippen LogP contribution in [0.1, 0.15) is 0 Å². The lowest BCUT2D eigenvalue weighted by Crippen LogP contribution is -1.92. The summed E-state index contributed by atoms with van der Waals surface area (Å²) in [5.74, 6) is 0. The average molecular weight is 647 g/mol. The predicted molar refractivity (Wildman–Crippen MR) is 218 cm³/mol. The van der Waals surface area contributed by atoms with Crippen molar-refractivity contribution in [3.8, 4) is 33.4 Å². The van der Waals surface area contributed by atoms with Gasteiger partial charge in [-0.25, -0.2) is 0 Å². The highest BCUT2D eigenvalue weighted by Gasteiger charge is 2.19. The van der Waals surface area contributed by atoms with Crippen LogP contribution in [0.2, 0.25) is 0 Å². The van der Waals surface area contributed by atoms with Crippen LogP contribution in [0.15, 0.2) is 186 Å². The van der Waals surface area contributed by atoms with Gasteiger partial charge in [0.2, 0.25) is 0 Å². The Balaban J connectivity index is 1.22. The number of hydrogen-bond acceptors (Lipinski definition) is 1. The first-order valence-corrected chi connectivity index (χ1v) is 17.6. The van der Waals surface area contributed by atoms with Crippen LogP contribution in [0.25, 0.3) is 109 Å². The summed E-state index contributed by atoms with van der Waals surface area (Å²) in [5.41, 5.74) is 9.16. The molecule has 1 aromatic heterocycles. The molecule has 0 spiro atoms. The molecule has 0 aliphatic rings. The Morgan fingerprint density at radius 3 is 1.37 bits per heavy atom. The molecular formula is C50H30O. The van der Waals surface area contributed by atoms with Gasteiger partial charge in [0.1, 0.15) is 11.2 Å². The van der Waals surface area contributed by atoms with Gasteiger partial charge in [0.15, 0.2) is 0 Å². The van der Waals surface area contributed by atoms with Gasteiger partial charge in [0.05, 0.1) is 0 Å². The van der Waals surface area contributed by atoms with E-state index in [0.29, 0.717) is 0 Å². The zero-order valence-corrected chi connectivity index (χ0v) is 27.7. The van der Waals surface area contributed by atoms with E-state index < -0.39 is 0 Å². The first kappa shape index (κ1) is 28.2. The number of rotatable bonds is 3. The molecule has 10 aromatic carbocycles. The Morgan fingerprint density at radius 2 is 0.667 bits per heavy atom. The maximum absolute atomic E-state index is 6.43. The van der Waals surface area contributed by atoms with E-state index in [1.807, 2.05) is 0 Å². The molecule has 0 fully saturated rings. The van der Waals surface area contributed by atoms with Crippen molar-refractivity contribution in [3.05, 3.63) is 182 Å². The minimum Gasteiger partial charge on any atom is -0.456 e. The Hall–Kier alpha value is -6.70. The van der Waals surface area contributed by atoms with Crippen LogP contribution < -0.4 is 0 Å². The SMILES string of the molecule is c1ccc2cc(-c3ccc4c(-c5ccc6oc7cc8ccccc8cc7c6c5)c5ccccc5c(-c5ccc6ccccc6c5)c4c3)ccc2c1. The summed E-state index contributed by atoms with van der Waals surface area (Å²) < 4.78 is 6.43. The van der Waals surface area contributed by atoms with Crippen LogP contribution in [-0.4, -0.2) is 0 Å². The summed E-state index contributed by atoms with van der Waals surface area (Å²) in [5, 5.41) is 14.6. The Bertz CT molecular complexity index is 3200. The Kier molecular flexibility index (Phi) is 6.02. The Labute approximate surface area is 294 Å². The minimum atomic E-state index is 0.907. The molecule has 1 heteroatoms. The van der Waals surface area contributed by atoms with E-state index in [1.165, 1.54) is 87.2 Å². The van der Waals surface area contributed by atoms with Gasteiger partial charge in [-0.2, -0.15) is 0 Å². The van der Waals surface area contributed by atoms with Crippen molar-refractivity contribution in [2.75, 3.05) is 0 Å². The minimum absolute atomic E-state index is 0.907. The van der Waals surface area contributed by atoms with Crippen LogP contribution in [0.5, 0.6) is 0 Å². The van der Waals surface area contributed by atoms with Gasteiger partial charge in [0, 0.05) is 10.8 Å². The van der Waals surface area contributed by atoms with Gasteiger partial charge in [-0.15, -0.1) is 0 Å². The molecule has 0 N–H and O–H groups in total. The summed E-state index contributed by atoms with van der Waals surface area (Å²) >= 11 is 0. The van der Waals surface area contributed by atoms with E-state index in [0.717, 1.165) is 21.9 Å². The molecule has 11 rings (SSSR count). The number of fused-ring (bicyclic) bond motifs is 8. The zero-order valence-electron chi connectivity index (χ0n) is 27.7. The molecule has 51 heavy (non-hydrogen) atoms. The molecular weight excluding hydrogens is 617 g/mol. The van der Waals surface area contributed by atoms with E-state index in [9.17, 15) is 0 Å². The highest BCUT2D eigenvalue weighted by molar-refractivity contribution is 6.23. The second-order valence-corrected chi connectivity index (χ2v) is 13.7. The fraction of sp³-hybridized carbons (Fsp3) is 0. The lowest BCUT2D eigenvalue weighted by molar-refractivity contribution is 0.669. The van der Waals surface area contributed by atoms with Gasteiger partial charge in [-0.05, 0) is 130 Å². The van der Waals surface area contributed by atoms with Crippen molar-refractivity contribution in [1.82, 2.24) is 0 Å². The summed E-state index contributed by atoms with van der Waals surface area (Å²) in [6.07, 6.45) is 0. The molecule has 0 atom stereocenters. The molecule has 0 aliphatic heterocycles. The van der Waals surface area contributed by atoms with E-state index in [4.69, 9.17) is 4.42 Å². The number of hydrogen-bond donors (Lipinski definition) is 0. The van der Waals surface area contributed by atoms with Gasteiger partial charge < -0.3 is 4.42 Å². The van der Waals surface area contributed by atoms with Crippen LogP contribution in [-0.2, 0) is 0 Å². The quantitative estimate of drug-likeness (QED) is 0.174. The second-order valence-electron chi connectivity index (χ2n) is 13.7. The fourth-order valence-corrected chi connectivity index (χ4v) is 8.31. The van der Waals surface area contributed by atoms with E-state index in [1.54, 1.807) is 0 Å². The van der Waals surface area contributed by atoms with Crippen LogP contribution in [0.4, 0.5) is 0 Å². The smallest absolute Gasteiger partial charge is 0.136 e. The molecule has 236 valence electrons. The molecule has 1 nitrogen and oxygen atoms in total. The van der Waals surface area contributed by atoms with Crippen molar-refractivity contribution in [3.63, 3.8) is 0 Å². The monoisotopic (exact) mass is 646 g/mol. The van der Waals surface area contributed by atoms with Gasteiger partial charge >= 0.3 is 0 Å². The molecule has 11 aromatic rings. The summed E-state index contributed by atoms with van der Waals surface area (Å²) in [6, 6.07) is 66.6. The van der Waals surface area contributed by atoms with Crippen molar-refractivity contribution in [2.45, 2.75) is 0 Å². The van der Waals surface area contributed by atoms with E-state index in [-0.39, 0.29) is 0 Å². The predicted octanol–water partition coefficient (Wildman–Crippen LogP) is 14.4. The van der Waals surface area contributed by atoms with Crippen molar-refractivity contribution < 1.29 is 4.42 Å². The fourth-order valence-electron chi connectivity index (χ4n) is 8.31. The number of furan rings is 1. The third-order valence-corrected chi connectivity index (χ3v) is 10.8. The highest BCUT2D eigenvalue weighted by atomic mass is 16.3. The van der Waals surface area contributed by atoms with Crippen LogP contribution >= 0.6 is 0 Å². The topological polar surface area (TPSA) is 13.1 Å². The van der Waals surface area contributed by atoms with E-state index in [2.05, 4.69) is 182 Å². The first-order valence-electron chi connectivity index (χ1n) is 17.6. The van der Waals surface area contributed by atoms with E-state index >= 15 is 0 Å². The third kappa shape index (κ3) is 4.42. The second kappa shape index (κ2) is 10.9. The van der Waals surface area contributed by atoms with Crippen molar-refractivity contribution in [2.24, 2.45) is 0 Å². The molecule has 0 bridgehead atoms. The first-order chi connectivity index (χ1) is 25.2. The van der Waals surface area contributed by atoms with Crippen molar-refractivity contribution >= 4 is 75.8 Å². The molecule has 0 unspecified atom stereocenters. The largest absolute Gasteiger partial charge is 0.456 e. The normalized spacial score (nSPS) is 11.9. The highest BCUT2D eigenvalue weighted by Crippen LogP contribution is 2.46. The van der Waals surface area contributed by atoms with Crippen LogP contribution in [0, 0.1) is 0 Å². The molecule has 0 amide bonds. The van der Waals surface area contributed by atoms with Gasteiger partial charge in [-0.3, -0.25) is 0 Å². The lowest BCUT2D eigenvalue weighted by Gasteiger charge is -2.19. The summed E-state index contributed by atoms with van der Waals surface area (Å²) in [4.78, 5) is 0. The molecule has 1 heterocycles. The number of benzene rings is 10. The zero-order chi connectivity index (χ0) is 33.5. The lowest BCUT2D eigenvalue weighted by atomic mass is 9.84.